The molecular formula is C23H22N2O4. The van der Waals surface area contributed by atoms with Crippen LogP contribution in [-0.4, -0.2) is 38.0 Å². The Morgan fingerprint density at radius 2 is 1.45 bits per heavy atom. The van der Waals surface area contributed by atoms with Gasteiger partial charge in [0.1, 0.15) is 12.1 Å². The van der Waals surface area contributed by atoms with E-state index in [0.29, 0.717) is 17.2 Å². The van der Waals surface area contributed by atoms with Gasteiger partial charge in [0, 0.05) is 12.1 Å². The number of fused-ring (bicyclic) bond motifs is 1. The Hall–Kier alpha value is -3.67. The summed E-state index contributed by atoms with van der Waals surface area (Å²) in [4.78, 5) is 4.54. The van der Waals surface area contributed by atoms with E-state index in [2.05, 4.69) is 23.2 Å². The van der Waals surface area contributed by atoms with Crippen molar-refractivity contribution in [1.29, 1.82) is 0 Å². The molecule has 4 aromatic rings. The Labute approximate surface area is 169 Å². The molecule has 3 aromatic carbocycles. The van der Waals surface area contributed by atoms with Gasteiger partial charge in [-0.1, -0.05) is 18.2 Å². The first-order valence-electron chi connectivity index (χ1n) is 9.10. The molecule has 29 heavy (non-hydrogen) atoms. The van der Waals surface area contributed by atoms with Crippen molar-refractivity contribution < 1.29 is 18.9 Å². The second kappa shape index (κ2) is 7.75. The Morgan fingerprint density at radius 1 is 0.724 bits per heavy atom. The average molecular weight is 390 g/mol. The molecule has 6 heteroatoms. The van der Waals surface area contributed by atoms with Crippen molar-refractivity contribution in [3.05, 3.63) is 60.9 Å². The number of benzene rings is 3. The van der Waals surface area contributed by atoms with Crippen LogP contribution in [-0.2, 0) is 0 Å². The van der Waals surface area contributed by atoms with E-state index >= 15 is 0 Å². The molecular weight excluding hydrogens is 368 g/mol. The Morgan fingerprint density at radius 3 is 2.10 bits per heavy atom. The first-order chi connectivity index (χ1) is 14.2. The molecule has 0 N–H and O–H groups in total. The number of hydrogen-bond acceptors (Lipinski definition) is 5. The van der Waals surface area contributed by atoms with E-state index < -0.39 is 0 Å². The van der Waals surface area contributed by atoms with E-state index in [1.807, 2.05) is 41.0 Å². The molecule has 0 radical (unpaired) electrons. The highest BCUT2D eigenvalue weighted by Gasteiger charge is 2.16. The molecule has 0 aliphatic carbocycles. The smallest absolute Gasteiger partial charge is 0.203 e. The molecule has 0 aliphatic heterocycles. The Kier molecular flexibility index (Phi) is 4.99. The second-order valence-corrected chi connectivity index (χ2v) is 6.43. The minimum absolute atomic E-state index is 0.556. The van der Waals surface area contributed by atoms with Crippen molar-refractivity contribution >= 4 is 11.0 Å². The van der Waals surface area contributed by atoms with Crippen molar-refractivity contribution in [2.45, 2.75) is 0 Å². The Balaban J connectivity index is 1.87. The van der Waals surface area contributed by atoms with Crippen LogP contribution in [0.3, 0.4) is 0 Å². The lowest BCUT2D eigenvalue weighted by molar-refractivity contribution is 0.324. The van der Waals surface area contributed by atoms with Crippen molar-refractivity contribution in [1.82, 2.24) is 9.55 Å². The van der Waals surface area contributed by atoms with Crippen LogP contribution < -0.4 is 18.9 Å². The summed E-state index contributed by atoms with van der Waals surface area (Å²) in [5, 5.41) is 0. The van der Waals surface area contributed by atoms with Crippen molar-refractivity contribution in [3.63, 3.8) is 0 Å². The molecule has 0 fully saturated rings. The third kappa shape index (κ3) is 3.33. The molecule has 0 saturated carbocycles. The van der Waals surface area contributed by atoms with E-state index in [9.17, 15) is 0 Å². The maximum Gasteiger partial charge on any atom is 0.203 e. The van der Waals surface area contributed by atoms with Gasteiger partial charge < -0.3 is 18.9 Å². The fourth-order valence-electron chi connectivity index (χ4n) is 3.40. The quantitative estimate of drug-likeness (QED) is 0.477. The topological polar surface area (TPSA) is 54.7 Å². The van der Waals surface area contributed by atoms with E-state index in [-0.39, 0.29) is 0 Å². The molecule has 0 amide bonds. The number of rotatable bonds is 6. The number of aromatic nitrogens is 2. The van der Waals surface area contributed by atoms with Crippen molar-refractivity contribution in [3.8, 4) is 39.8 Å². The van der Waals surface area contributed by atoms with Crippen LogP contribution in [0.1, 0.15) is 0 Å². The van der Waals surface area contributed by atoms with Crippen LogP contribution in [0.2, 0.25) is 0 Å². The van der Waals surface area contributed by atoms with Crippen LogP contribution in [0.25, 0.3) is 27.8 Å². The standard InChI is InChI=1S/C23H22N2O4/c1-26-18-7-5-6-15(10-18)16-8-9-19-20(11-16)25(14-24-19)17-12-21(27-2)23(29-4)22(13-17)28-3/h5-14H,1-4H3. The summed E-state index contributed by atoms with van der Waals surface area (Å²) in [5.41, 5.74) is 4.88. The lowest BCUT2D eigenvalue weighted by atomic mass is 10.0. The van der Waals surface area contributed by atoms with Crippen molar-refractivity contribution in [2.75, 3.05) is 28.4 Å². The first-order valence-corrected chi connectivity index (χ1v) is 9.10. The molecule has 148 valence electrons. The third-order valence-electron chi connectivity index (χ3n) is 4.88. The van der Waals surface area contributed by atoms with Gasteiger partial charge in [-0.25, -0.2) is 4.98 Å². The van der Waals surface area contributed by atoms with Gasteiger partial charge in [0.2, 0.25) is 5.75 Å². The van der Waals surface area contributed by atoms with Crippen LogP contribution in [0.5, 0.6) is 23.0 Å². The lowest BCUT2D eigenvalue weighted by Crippen LogP contribution is -1.99. The number of ether oxygens (including phenoxy) is 4. The fraction of sp³-hybridized carbons (Fsp3) is 0.174. The van der Waals surface area contributed by atoms with E-state index in [1.165, 1.54) is 0 Å². The summed E-state index contributed by atoms with van der Waals surface area (Å²) in [7, 11) is 6.47. The summed E-state index contributed by atoms with van der Waals surface area (Å²) >= 11 is 0. The van der Waals surface area contributed by atoms with Gasteiger partial charge in [-0.05, 0) is 35.4 Å². The first kappa shape index (κ1) is 18.7. The van der Waals surface area contributed by atoms with Crippen LogP contribution in [0.4, 0.5) is 0 Å². The van der Waals surface area contributed by atoms with Gasteiger partial charge in [-0.2, -0.15) is 0 Å². The maximum absolute atomic E-state index is 5.50. The molecule has 0 atom stereocenters. The number of nitrogens with zero attached hydrogens (tertiary/aromatic N) is 2. The van der Waals surface area contributed by atoms with Crippen LogP contribution in [0, 0.1) is 0 Å². The van der Waals surface area contributed by atoms with Gasteiger partial charge in [0.05, 0.1) is 45.2 Å². The molecule has 6 nitrogen and oxygen atoms in total. The minimum atomic E-state index is 0.556. The summed E-state index contributed by atoms with van der Waals surface area (Å²) < 4.78 is 23.8. The van der Waals surface area contributed by atoms with E-state index in [4.69, 9.17) is 18.9 Å². The number of methoxy groups -OCH3 is 4. The summed E-state index contributed by atoms with van der Waals surface area (Å²) in [5.74, 6) is 2.56. The predicted molar refractivity (Wildman–Crippen MR) is 113 cm³/mol. The zero-order valence-electron chi connectivity index (χ0n) is 16.8. The molecule has 0 saturated heterocycles. The molecule has 4 rings (SSSR count). The monoisotopic (exact) mass is 390 g/mol. The largest absolute Gasteiger partial charge is 0.497 e. The summed E-state index contributed by atoms with van der Waals surface area (Å²) in [6.45, 7) is 0. The summed E-state index contributed by atoms with van der Waals surface area (Å²) in [6.07, 6.45) is 1.79. The van der Waals surface area contributed by atoms with Crippen LogP contribution >= 0.6 is 0 Å². The van der Waals surface area contributed by atoms with Gasteiger partial charge in [-0.15, -0.1) is 0 Å². The third-order valence-corrected chi connectivity index (χ3v) is 4.88. The lowest BCUT2D eigenvalue weighted by Gasteiger charge is -2.15. The van der Waals surface area contributed by atoms with Crippen LogP contribution in [0.15, 0.2) is 60.9 Å². The average Bonchev–Trinajstić information content (AvgIpc) is 3.21. The van der Waals surface area contributed by atoms with E-state index in [1.54, 1.807) is 34.8 Å². The highest BCUT2D eigenvalue weighted by Crippen LogP contribution is 2.40. The highest BCUT2D eigenvalue weighted by molar-refractivity contribution is 5.84. The normalized spacial score (nSPS) is 10.8. The predicted octanol–water partition coefficient (Wildman–Crippen LogP) is 4.73. The van der Waals surface area contributed by atoms with Gasteiger partial charge in [0.15, 0.2) is 11.5 Å². The summed E-state index contributed by atoms with van der Waals surface area (Å²) in [6, 6.07) is 18.0. The molecule has 1 heterocycles. The fourth-order valence-corrected chi connectivity index (χ4v) is 3.40. The molecule has 0 unspecified atom stereocenters. The van der Waals surface area contributed by atoms with Gasteiger partial charge >= 0.3 is 0 Å². The number of imidazole rings is 1. The molecule has 0 bridgehead atoms. The molecule has 0 spiro atoms. The highest BCUT2D eigenvalue weighted by atomic mass is 16.5. The second-order valence-electron chi connectivity index (χ2n) is 6.43. The maximum atomic E-state index is 5.50. The van der Waals surface area contributed by atoms with Gasteiger partial charge in [0.25, 0.3) is 0 Å². The van der Waals surface area contributed by atoms with Gasteiger partial charge in [-0.3, -0.25) is 4.57 Å². The zero-order valence-corrected chi connectivity index (χ0v) is 16.8. The van der Waals surface area contributed by atoms with E-state index in [0.717, 1.165) is 33.6 Å². The molecule has 1 aromatic heterocycles. The van der Waals surface area contributed by atoms with Crippen molar-refractivity contribution in [2.24, 2.45) is 0 Å². The SMILES string of the molecule is COc1cccc(-c2ccc3ncn(-c4cc(OC)c(OC)c(OC)c4)c3c2)c1. The Bertz CT molecular complexity index is 1140. The molecule has 0 aliphatic rings. The number of hydrogen-bond donors (Lipinski definition) is 0. The zero-order chi connectivity index (χ0) is 20.4. The minimum Gasteiger partial charge on any atom is -0.497 e.